The van der Waals surface area contributed by atoms with Gasteiger partial charge in [0.05, 0.1) is 33.0 Å². The van der Waals surface area contributed by atoms with Crippen molar-refractivity contribution in [3.05, 3.63) is 59.3 Å². The summed E-state index contributed by atoms with van der Waals surface area (Å²) in [4.78, 5) is 29.5. The molecule has 0 unspecified atom stereocenters. The predicted molar refractivity (Wildman–Crippen MR) is 124 cm³/mol. The van der Waals surface area contributed by atoms with E-state index in [1.165, 1.54) is 4.90 Å². The summed E-state index contributed by atoms with van der Waals surface area (Å²) in [7, 11) is 4.83. The molecule has 0 bridgehead atoms. The number of rotatable bonds is 11. The number of amides is 2. The molecule has 0 spiro atoms. The van der Waals surface area contributed by atoms with Crippen LogP contribution in [0.3, 0.4) is 0 Å². The quantitative estimate of drug-likeness (QED) is 0.522. The number of hydrogen-bond donors (Lipinski definition) is 1. The van der Waals surface area contributed by atoms with Gasteiger partial charge in [0.15, 0.2) is 11.5 Å². The van der Waals surface area contributed by atoms with Crippen LogP contribution in [-0.4, -0.2) is 74.3 Å². The van der Waals surface area contributed by atoms with Crippen molar-refractivity contribution in [3.8, 4) is 17.2 Å². The molecule has 0 saturated carbocycles. The second-order valence-corrected chi connectivity index (χ2v) is 7.53. The van der Waals surface area contributed by atoms with Crippen molar-refractivity contribution in [2.24, 2.45) is 0 Å². The van der Waals surface area contributed by atoms with Crippen LogP contribution in [0.25, 0.3) is 5.57 Å². The van der Waals surface area contributed by atoms with Crippen molar-refractivity contribution in [2.75, 3.05) is 47.6 Å². The topological polar surface area (TPSA) is 88.5 Å². The number of carbonyl (C=O) groups excluding carboxylic acids is 2. The Balaban J connectivity index is 1.87. The number of aliphatic hydroxyl groups is 1. The summed E-state index contributed by atoms with van der Waals surface area (Å²) in [6.45, 7) is 2.74. The molecule has 2 aromatic rings. The molecule has 1 heterocycles. The fraction of sp³-hybridized carbons (Fsp3) is 0.360. The number of nitrogens with zero attached hydrogens (tertiary/aromatic N) is 2. The van der Waals surface area contributed by atoms with Gasteiger partial charge < -0.3 is 24.2 Å². The van der Waals surface area contributed by atoms with Gasteiger partial charge in [-0.05, 0) is 48.7 Å². The number of likely N-dealkylation sites (N-methyl/N-ethyl adjacent to an activating group) is 1. The van der Waals surface area contributed by atoms with Crippen molar-refractivity contribution >= 4 is 17.4 Å². The molecule has 2 aromatic carbocycles. The van der Waals surface area contributed by atoms with Gasteiger partial charge in [-0.3, -0.25) is 14.5 Å². The minimum Gasteiger partial charge on any atom is -0.494 e. The number of hydrogen-bond acceptors (Lipinski definition) is 7. The monoisotopic (exact) mass is 454 g/mol. The first kappa shape index (κ1) is 24.1. The van der Waals surface area contributed by atoms with Gasteiger partial charge in [-0.2, -0.15) is 0 Å². The maximum atomic E-state index is 13.4. The molecule has 1 N–H and O–H groups in total. The molecule has 0 atom stereocenters. The summed E-state index contributed by atoms with van der Waals surface area (Å²) in [5.74, 6) is 1.16. The number of aliphatic hydroxyl groups excluding tert-OH is 1. The molecule has 8 nitrogen and oxygen atoms in total. The number of methoxy groups -OCH3 is 2. The Morgan fingerprint density at radius 2 is 1.67 bits per heavy atom. The molecule has 33 heavy (non-hydrogen) atoms. The van der Waals surface area contributed by atoms with E-state index in [2.05, 4.69) is 0 Å². The van der Waals surface area contributed by atoms with Crippen LogP contribution in [0.5, 0.6) is 17.2 Å². The van der Waals surface area contributed by atoms with E-state index in [1.54, 1.807) is 56.5 Å². The molecule has 3 rings (SSSR count). The highest BCUT2D eigenvalue weighted by Gasteiger charge is 2.40. The lowest BCUT2D eigenvalue weighted by molar-refractivity contribution is -0.137. The highest BCUT2D eigenvalue weighted by Crippen LogP contribution is 2.33. The molecule has 8 heteroatoms. The van der Waals surface area contributed by atoms with Gasteiger partial charge in [-0.25, -0.2) is 0 Å². The van der Waals surface area contributed by atoms with E-state index < -0.39 is 0 Å². The van der Waals surface area contributed by atoms with Crippen molar-refractivity contribution in [2.45, 2.75) is 13.3 Å². The number of ether oxygens (including phenoxy) is 3. The lowest BCUT2D eigenvalue weighted by atomic mass is 10.0. The predicted octanol–water partition coefficient (Wildman–Crippen LogP) is 2.35. The van der Waals surface area contributed by atoms with Crippen LogP contribution in [0.15, 0.2) is 48.2 Å². The standard InChI is InChI=1S/C25H30N2O6/c1-5-33-19-9-7-18(8-10-19)22-23(26(2)14-15-28)25(30)27(24(22)29)13-12-17-6-11-20(31-3)21(16-17)32-4/h6-11,16,28H,5,12-15H2,1-4H3. The van der Waals surface area contributed by atoms with Crippen LogP contribution in [0, 0.1) is 0 Å². The Morgan fingerprint density at radius 3 is 2.27 bits per heavy atom. The summed E-state index contributed by atoms with van der Waals surface area (Å²) in [5.41, 5.74) is 2.15. The van der Waals surface area contributed by atoms with E-state index in [9.17, 15) is 14.7 Å². The van der Waals surface area contributed by atoms with Crippen LogP contribution in [0.1, 0.15) is 18.1 Å². The van der Waals surface area contributed by atoms with Gasteiger partial charge in [-0.1, -0.05) is 18.2 Å². The first-order valence-corrected chi connectivity index (χ1v) is 10.8. The summed E-state index contributed by atoms with van der Waals surface area (Å²) in [6.07, 6.45) is 0.464. The average Bonchev–Trinajstić information content (AvgIpc) is 3.07. The fourth-order valence-corrected chi connectivity index (χ4v) is 3.80. The SMILES string of the molecule is CCOc1ccc(C2=C(N(C)CCO)C(=O)N(CCc3ccc(OC)c(OC)c3)C2=O)cc1. The molecule has 2 amide bonds. The van der Waals surface area contributed by atoms with Gasteiger partial charge in [0.25, 0.3) is 11.8 Å². The first-order valence-electron chi connectivity index (χ1n) is 10.8. The summed E-state index contributed by atoms with van der Waals surface area (Å²) < 4.78 is 16.1. The third-order valence-corrected chi connectivity index (χ3v) is 5.49. The Labute approximate surface area is 194 Å². The van der Waals surface area contributed by atoms with Crippen molar-refractivity contribution < 1.29 is 28.9 Å². The van der Waals surface area contributed by atoms with E-state index >= 15 is 0 Å². The van der Waals surface area contributed by atoms with Gasteiger partial charge in [0.2, 0.25) is 0 Å². The number of benzene rings is 2. The summed E-state index contributed by atoms with van der Waals surface area (Å²) in [6, 6.07) is 12.6. The molecule has 0 fully saturated rings. The molecule has 0 saturated heterocycles. The average molecular weight is 455 g/mol. The smallest absolute Gasteiger partial charge is 0.277 e. The van der Waals surface area contributed by atoms with Crippen LogP contribution in [0.4, 0.5) is 0 Å². The third-order valence-electron chi connectivity index (χ3n) is 5.49. The van der Waals surface area contributed by atoms with Gasteiger partial charge in [0, 0.05) is 20.1 Å². The van der Waals surface area contributed by atoms with Crippen molar-refractivity contribution in [1.29, 1.82) is 0 Å². The number of imide groups is 1. The van der Waals surface area contributed by atoms with E-state index in [0.717, 1.165) is 5.56 Å². The van der Waals surface area contributed by atoms with Gasteiger partial charge >= 0.3 is 0 Å². The van der Waals surface area contributed by atoms with E-state index in [1.807, 2.05) is 19.1 Å². The molecule has 0 aliphatic carbocycles. The second kappa shape index (κ2) is 10.9. The zero-order valence-corrected chi connectivity index (χ0v) is 19.5. The minimum atomic E-state index is -0.375. The summed E-state index contributed by atoms with van der Waals surface area (Å²) in [5, 5.41) is 9.40. The lowest BCUT2D eigenvalue weighted by Gasteiger charge is -2.20. The molecule has 1 aliphatic rings. The van der Waals surface area contributed by atoms with Crippen LogP contribution in [0.2, 0.25) is 0 Å². The largest absolute Gasteiger partial charge is 0.494 e. The van der Waals surface area contributed by atoms with Gasteiger partial charge in [0.1, 0.15) is 11.4 Å². The van der Waals surface area contributed by atoms with Gasteiger partial charge in [-0.15, -0.1) is 0 Å². The van der Waals surface area contributed by atoms with E-state index in [-0.39, 0.29) is 37.2 Å². The molecular weight excluding hydrogens is 424 g/mol. The van der Waals surface area contributed by atoms with E-state index in [0.29, 0.717) is 41.4 Å². The normalized spacial score (nSPS) is 13.5. The molecule has 0 radical (unpaired) electrons. The van der Waals surface area contributed by atoms with Crippen molar-refractivity contribution in [3.63, 3.8) is 0 Å². The molecule has 176 valence electrons. The third kappa shape index (κ3) is 5.12. The maximum Gasteiger partial charge on any atom is 0.277 e. The fourth-order valence-electron chi connectivity index (χ4n) is 3.80. The van der Waals surface area contributed by atoms with Crippen molar-refractivity contribution in [1.82, 2.24) is 9.80 Å². The Kier molecular flexibility index (Phi) is 7.95. The number of carbonyl (C=O) groups is 2. The second-order valence-electron chi connectivity index (χ2n) is 7.53. The Morgan fingerprint density at radius 1 is 0.970 bits per heavy atom. The van der Waals surface area contributed by atoms with E-state index in [4.69, 9.17) is 14.2 Å². The zero-order valence-electron chi connectivity index (χ0n) is 19.5. The van der Waals surface area contributed by atoms with Crippen LogP contribution in [-0.2, 0) is 16.0 Å². The molecular formula is C25H30N2O6. The lowest BCUT2D eigenvalue weighted by Crippen LogP contribution is -2.36. The zero-order chi connectivity index (χ0) is 24.0. The minimum absolute atomic E-state index is 0.135. The first-order chi connectivity index (χ1) is 15.9. The highest BCUT2D eigenvalue weighted by atomic mass is 16.5. The summed E-state index contributed by atoms with van der Waals surface area (Å²) >= 11 is 0. The molecule has 1 aliphatic heterocycles. The maximum absolute atomic E-state index is 13.4. The Bertz CT molecular complexity index is 1030. The highest BCUT2D eigenvalue weighted by molar-refractivity contribution is 6.35. The molecule has 0 aromatic heterocycles. The van der Waals surface area contributed by atoms with Crippen LogP contribution >= 0.6 is 0 Å². The Hall–Kier alpha value is -3.52. The van der Waals surface area contributed by atoms with Crippen LogP contribution < -0.4 is 14.2 Å².